The Morgan fingerprint density at radius 1 is 1.43 bits per heavy atom. The van der Waals surface area contributed by atoms with Gasteiger partial charge in [0.15, 0.2) is 0 Å². The fraction of sp³-hybridized carbons (Fsp3) is 0.375. The molecule has 1 aliphatic rings. The second-order valence-corrected chi connectivity index (χ2v) is 5.10. The summed E-state index contributed by atoms with van der Waals surface area (Å²) in [5.41, 5.74) is 2.09. The standard InChI is InChI=1S/C16H18N2O3/c1-3-5-14(4-2)17-16(21)18-9-12-7-6-11(15(19)20)8-13(12)10-18/h2,6-8,14H,3,5,9-10H2,1H3,(H,17,21)(H,19,20). The Morgan fingerprint density at radius 3 is 2.76 bits per heavy atom. The SMILES string of the molecule is C#CC(CCC)NC(=O)N1Cc2ccc(C(=O)O)cc2C1. The highest BCUT2D eigenvalue weighted by Crippen LogP contribution is 2.24. The van der Waals surface area contributed by atoms with Crippen LogP contribution in [0.15, 0.2) is 18.2 Å². The molecule has 0 bridgehead atoms. The van der Waals surface area contributed by atoms with E-state index in [4.69, 9.17) is 11.5 Å². The molecule has 1 aromatic carbocycles. The molecule has 0 radical (unpaired) electrons. The molecule has 2 rings (SSSR count). The average molecular weight is 286 g/mol. The molecule has 110 valence electrons. The first-order valence-corrected chi connectivity index (χ1v) is 6.91. The fourth-order valence-corrected chi connectivity index (χ4v) is 2.40. The number of hydrogen-bond donors (Lipinski definition) is 2. The lowest BCUT2D eigenvalue weighted by Crippen LogP contribution is -2.41. The molecular weight excluding hydrogens is 268 g/mol. The maximum Gasteiger partial charge on any atom is 0.335 e. The number of carbonyl (C=O) groups excluding carboxylic acids is 1. The lowest BCUT2D eigenvalue weighted by molar-refractivity contribution is 0.0696. The van der Waals surface area contributed by atoms with E-state index in [-0.39, 0.29) is 17.6 Å². The van der Waals surface area contributed by atoms with Gasteiger partial charge in [-0.15, -0.1) is 6.42 Å². The number of nitrogens with zero attached hydrogens (tertiary/aromatic N) is 1. The van der Waals surface area contributed by atoms with E-state index in [2.05, 4.69) is 11.2 Å². The third-order valence-electron chi connectivity index (χ3n) is 3.54. The molecule has 0 spiro atoms. The van der Waals surface area contributed by atoms with E-state index < -0.39 is 5.97 Å². The van der Waals surface area contributed by atoms with Crippen molar-refractivity contribution in [3.63, 3.8) is 0 Å². The smallest absolute Gasteiger partial charge is 0.335 e. The van der Waals surface area contributed by atoms with Gasteiger partial charge in [-0.3, -0.25) is 0 Å². The van der Waals surface area contributed by atoms with Crippen LogP contribution >= 0.6 is 0 Å². The van der Waals surface area contributed by atoms with Gasteiger partial charge in [-0.25, -0.2) is 9.59 Å². The van der Waals surface area contributed by atoms with Crippen LogP contribution < -0.4 is 5.32 Å². The summed E-state index contributed by atoms with van der Waals surface area (Å²) in [4.78, 5) is 24.8. The Bertz CT molecular complexity index is 604. The second-order valence-electron chi connectivity index (χ2n) is 5.10. The van der Waals surface area contributed by atoms with Crippen molar-refractivity contribution in [1.29, 1.82) is 0 Å². The van der Waals surface area contributed by atoms with E-state index in [9.17, 15) is 9.59 Å². The van der Waals surface area contributed by atoms with Crippen molar-refractivity contribution in [2.24, 2.45) is 0 Å². The molecule has 0 saturated heterocycles. The first-order chi connectivity index (χ1) is 10.0. The summed E-state index contributed by atoms with van der Waals surface area (Å²) >= 11 is 0. The third kappa shape index (κ3) is 3.34. The number of carbonyl (C=O) groups is 2. The van der Waals surface area contributed by atoms with Gasteiger partial charge >= 0.3 is 12.0 Å². The summed E-state index contributed by atoms with van der Waals surface area (Å²) in [7, 11) is 0. The van der Waals surface area contributed by atoms with Crippen LogP contribution in [0.25, 0.3) is 0 Å². The normalized spacial score (nSPS) is 14.2. The number of carboxylic acids is 1. The molecule has 21 heavy (non-hydrogen) atoms. The number of aromatic carboxylic acids is 1. The molecule has 5 heteroatoms. The van der Waals surface area contributed by atoms with Crippen molar-refractivity contribution in [2.75, 3.05) is 0 Å². The number of nitrogens with one attached hydrogen (secondary N) is 1. The Hall–Kier alpha value is -2.48. The minimum absolute atomic E-state index is 0.209. The number of benzene rings is 1. The van der Waals surface area contributed by atoms with Crippen LogP contribution in [0.3, 0.4) is 0 Å². The molecule has 1 atom stereocenters. The maximum atomic E-state index is 12.2. The number of fused-ring (bicyclic) bond motifs is 1. The highest BCUT2D eigenvalue weighted by atomic mass is 16.4. The van der Waals surface area contributed by atoms with Gasteiger partial charge in [-0.2, -0.15) is 0 Å². The average Bonchev–Trinajstić information content (AvgIpc) is 2.89. The van der Waals surface area contributed by atoms with E-state index in [1.165, 1.54) is 0 Å². The quantitative estimate of drug-likeness (QED) is 0.834. The van der Waals surface area contributed by atoms with Gasteiger partial charge in [0.2, 0.25) is 0 Å². The first-order valence-electron chi connectivity index (χ1n) is 6.91. The van der Waals surface area contributed by atoms with Gasteiger partial charge in [0.05, 0.1) is 11.6 Å². The van der Waals surface area contributed by atoms with E-state index >= 15 is 0 Å². The van der Waals surface area contributed by atoms with Gasteiger partial charge < -0.3 is 15.3 Å². The summed E-state index contributed by atoms with van der Waals surface area (Å²) in [6, 6.07) is 4.47. The van der Waals surface area contributed by atoms with Crippen LogP contribution in [0.4, 0.5) is 4.79 Å². The van der Waals surface area contributed by atoms with Crippen molar-refractivity contribution in [3.8, 4) is 12.3 Å². The summed E-state index contributed by atoms with van der Waals surface area (Å²) in [5, 5.41) is 11.8. The first kappa shape index (κ1) is 14.9. The molecule has 1 aromatic rings. The maximum absolute atomic E-state index is 12.2. The Labute approximate surface area is 124 Å². The molecule has 0 fully saturated rings. The molecule has 5 nitrogen and oxygen atoms in total. The van der Waals surface area contributed by atoms with Crippen molar-refractivity contribution in [2.45, 2.75) is 38.9 Å². The van der Waals surface area contributed by atoms with Gasteiger partial charge in [0.1, 0.15) is 0 Å². The largest absolute Gasteiger partial charge is 0.478 e. The minimum Gasteiger partial charge on any atom is -0.478 e. The number of urea groups is 1. The van der Waals surface area contributed by atoms with Crippen LogP contribution in [0, 0.1) is 12.3 Å². The van der Waals surface area contributed by atoms with Gasteiger partial charge in [-0.05, 0) is 29.7 Å². The Kier molecular flexibility index (Phi) is 4.49. The van der Waals surface area contributed by atoms with E-state index in [1.54, 1.807) is 23.1 Å². The molecular formula is C16H18N2O3. The molecule has 1 unspecified atom stereocenters. The van der Waals surface area contributed by atoms with Crippen LogP contribution in [0.2, 0.25) is 0 Å². The minimum atomic E-state index is -0.962. The summed E-state index contributed by atoms with van der Waals surface area (Å²) in [6.45, 7) is 2.89. The Morgan fingerprint density at radius 2 is 2.14 bits per heavy atom. The van der Waals surface area contributed by atoms with Crippen LogP contribution in [0.5, 0.6) is 0 Å². The molecule has 2 N–H and O–H groups in total. The van der Waals surface area contributed by atoms with Crippen molar-refractivity contribution in [1.82, 2.24) is 10.2 Å². The van der Waals surface area contributed by atoms with Gasteiger partial charge in [0, 0.05) is 13.1 Å². The summed E-state index contributed by atoms with van der Waals surface area (Å²) in [6.07, 6.45) is 7.04. The highest BCUT2D eigenvalue weighted by molar-refractivity contribution is 5.88. The predicted molar refractivity (Wildman–Crippen MR) is 78.7 cm³/mol. The molecule has 1 heterocycles. The van der Waals surface area contributed by atoms with Crippen molar-refractivity contribution in [3.05, 3.63) is 34.9 Å². The number of terminal acetylenes is 1. The highest BCUT2D eigenvalue weighted by Gasteiger charge is 2.25. The number of carboxylic acid groups (broad SMARTS) is 1. The van der Waals surface area contributed by atoms with Crippen LogP contribution in [-0.4, -0.2) is 28.0 Å². The second kappa shape index (κ2) is 6.31. The van der Waals surface area contributed by atoms with E-state index in [0.29, 0.717) is 13.1 Å². The molecule has 2 amide bonds. The zero-order chi connectivity index (χ0) is 15.4. The topological polar surface area (TPSA) is 69.6 Å². The van der Waals surface area contributed by atoms with E-state index in [0.717, 1.165) is 24.0 Å². The summed E-state index contributed by atoms with van der Waals surface area (Å²) < 4.78 is 0. The van der Waals surface area contributed by atoms with Gasteiger partial charge in [-0.1, -0.05) is 25.3 Å². The molecule has 1 aliphatic heterocycles. The molecule has 0 aliphatic carbocycles. The fourth-order valence-electron chi connectivity index (χ4n) is 2.40. The lowest BCUT2D eigenvalue weighted by Gasteiger charge is -2.19. The number of amides is 2. The molecule has 0 aromatic heterocycles. The van der Waals surface area contributed by atoms with Crippen molar-refractivity contribution >= 4 is 12.0 Å². The lowest BCUT2D eigenvalue weighted by atomic mass is 10.1. The third-order valence-corrected chi connectivity index (χ3v) is 3.54. The van der Waals surface area contributed by atoms with Gasteiger partial charge in [0.25, 0.3) is 0 Å². The molecule has 0 saturated carbocycles. The van der Waals surface area contributed by atoms with Crippen molar-refractivity contribution < 1.29 is 14.7 Å². The van der Waals surface area contributed by atoms with Crippen LogP contribution in [0.1, 0.15) is 41.3 Å². The van der Waals surface area contributed by atoms with Crippen LogP contribution in [-0.2, 0) is 13.1 Å². The monoisotopic (exact) mass is 286 g/mol. The Balaban J connectivity index is 2.04. The predicted octanol–water partition coefficient (Wildman–Crippen LogP) is 2.21. The summed E-state index contributed by atoms with van der Waals surface area (Å²) in [5.74, 6) is 1.60. The zero-order valence-corrected chi connectivity index (χ0v) is 11.9. The number of rotatable bonds is 4. The van der Waals surface area contributed by atoms with E-state index in [1.807, 2.05) is 6.92 Å². The number of hydrogen-bond acceptors (Lipinski definition) is 2. The zero-order valence-electron chi connectivity index (χ0n) is 11.9.